The third-order valence-corrected chi connectivity index (χ3v) is 3.95. The lowest BCUT2D eigenvalue weighted by molar-refractivity contribution is -0.140. The van der Waals surface area contributed by atoms with Crippen LogP contribution in [0.5, 0.6) is 0 Å². The van der Waals surface area contributed by atoms with Crippen molar-refractivity contribution in [2.75, 3.05) is 7.11 Å². The maximum Gasteiger partial charge on any atom is 0.330 e. The predicted molar refractivity (Wildman–Crippen MR) is 62.3 cm³/mol. The largest absolute Gasteiger partial charge is 0.466 e. The zero-order chi connectivity index (χ0) is 13.3. The molecule has 0 aromatic rings. The fourth-order valence-electron chi connectivity index (χ4n) is 2.15. The summed E-state index contributed by atoms with van der Waals surface area (Å²) in [5.74, 6) is -0.970. The number of ketones is 2. The van der Waals surface area contributed by atoms with Gasteiger partial charge in [0.15, 0.2) is 5.78 Å². The molecular formula is C13H18O4. The molecule has 0 aromatic carbocycles. The van der Waals surface area contributed by atoms with E-state index in [0.717, 1.165) is 12.2 Å². The average Bonchev–Trinajstić information content (AvgIpc) is 2.50. The van der Waals surface area contributed by atoms with E-state index in [0.29, 0.717) is 12.8 Å². The molecule has 0 heterocycles. The molecule has 4 nitrogen and oxygen atoms in total. The Morgan fingerprint density at radius 2 is 1.82 bits per heavy atom. The van der Waals surface area contributed by atoms with E-state index in [4.69, 9.17) is 0 Å². The number of allylic oxidation sites excluding steroid dienone is 1. The van der Waals surface area contributed by atoms with Crippen molar-refractivity contribution in [2.45, 2.75) is 33.6 Å². The highest BCUT2D eigenvalue weighted by Gasteiger charge is 2.55. The first-order chi connectivity index (χ1) is 7.75. The van der Waals surface area contributed by atoms with Gasteiger partial charge in [-0.1, -0.05) is 13.8 Å². The molecule has 94 valence electrons. The number of methoxy groups -OCH3 is 1. The molecule has 0 saturated heterocycles. The van der Waals surface area contributed by atoms with Crippen molar-refractivity contribution in [3.63, 3.8) is 0 Å². The molecule has 1 atom stereocenters. The van der Waals surface area contributed by atoms with E-state index in [2.05, 4.69) is 4.74 Å². The van der Waals surface area contributed by atoms with Crippen molar-refractivity contribution in [3.8, 4) is 0 Å². The SMILES string of the molecule is COC(=O)/C=C/C(=O)C1(C)C(=O)CCC1(C)C. The molecule has 1 rings (SSSR count). The Hall–Kier alpha value is -1.45. The average molecular weight is 238 g/mol. The summed E-state index contributed by atoms with van der Waals surface area (Å²) in [6, 6.07) is 0. The topological polar surface area (TPSA) is 60.4 Å². The van der Waals surface area contributed by atoms with Crippen LogP contribution in [0.25, 0.3) is 0 Å². The van der Waals surface area contributed by atoms with Crippen molar-refractivity contribution in [1.29, 1.82) is 0 Å². The lowest BCUT2D eigenvalue weighted by atomic mass is 9.66. The van der Waals surface area contributed by atoms with Crippen molar-refractivity contribution >= 4 is 17.5 Å². The fraction of sp³-hybridized carbons (Fsp3) is 0.615. The van der Waals surface area contributed by atoms with Gasteiger partial charge < -0.3 is 4.74 Å². The lowest BCUT2D eigenvalue weighted by Crippen LogP contribution is -2.42. The van der Waals surface area contributed by atoms with E-state index in [9.17, 15) is 14.4 Å². The van der Waals surface area contributed by atoms with E-state index < -0.39 is 11.4 Å². The number of hydrogen-bond donors (Lipinski definition) is 0. The molecule has 0 amide bonds. The standard InChI is InChI=1S/C13H18O4/c1-12(2)8-7-10(15)13(12,3)9(14)5-6-11(16)17-4/h5-6H,7-8H2,1-4H3/b6-5+. The summed E-state index contributed by atoms with van der Waals surface area (Å²) in [4.78, 5) is 34.9. The number of hydrogen-bond acceptors (Lipinski definition) is 4. The van der Waals surface area contributed by atoms with Gasteiger partial charge in [-0.25, -0.2) is 4.79 Å². The molecule has 1 aliphatic carbocycles. The van der Waals surface area contributed by atoms with Gasteiger partial charge in [0.25, 0.3) is 0 Å². The summed E-state index contributed by atoms with van der Waals surface area (Å²) in [5.41, 5.74) is -1.40. The molecule has 1 unspecified atom stereocenters. The van der Waals surface area contributed by atoms with Gasteiger partial charge in [-0.15, -0.1) is 0 Å². The number of rotatable bonds is 3. The maximum absolute atomic E-state index is 12.1. The van der Waals surface area contributed by atoms with Crippen molar-refractivity contribution in [2.24, 2.45) is 10.8 Å². The quantitative estimate of drug-likeness (QED) is 0.426. The third kappa shape index (κ3) is 2.16. The Morgan fingerprint density at radius 3 is 2.24 bits per heavy atom. The number of carbonyl (C=O) groups excluding carboxylic acids is 3. The first-order valence-corrected chi connectivity index (χ1v) is 5.59. The highest BCUT2D eigenvalue weighted by Crippen LogP contribution is 2.50. The van der Waals surface area contributed by atoms with Gasteiger partial charge in [-0.05, 0) is 24.8 Å². The number of Topliss-reactive ketones (excluding diaryl/α,β-unsaturated/α-hetero) is 1. The Bertz CT molecular complexity index is 392. The molecule has 17 heavy (non-hydrogen) atoms. The second-order valence-corrected chi connectivity index (χ2v) is 5.15. The van der Waals surface area contributed by atoms with Crippen molar-refractivity contribution in [1.82, 2.24) is 0 Å². The van der Waals surface area contributed by atoms with Crippen LogP contribution in [0.2, 0.25) is 0 Å². The summed E-state index contributed by atoms with van der Waals surface area (Å²) in [6.07, 6.45) is 3.33. The van der Waals surface area contributed by atoms with Gasteiger partial charge in [0.2, 0.25) is 0 Å². The molecule has 4 heteroatoms. The van der Waals surface area contributed by atoms with Crippen molar-refractivity contribution in [3.05, 3.63) is 12.2 Å². The molecule has 0 aliphatic heterocycles. The zero-order valence-electron chi connectivity index (χ0n) is 10.7. The highest BCUT2D eigenvalue weighted by atomic mass is 16.5. The number of ether oxygens (including phenoxy) is 1. The van der Waals surface area contributed by atoms with Gasteiger partial charge in [-0.3, -0.25) is 9.59 Å². The van der Waals surface area contributed by atoms with Crippen LogP contribution in [0, 0.1) is 10.8 Å². The van der Waals surface area contributed by atoms with Gasteiger partial charge in [-0.2, -0.15) is 0 Å². The second kappa shape index (κ2) is 4.43. The zero-order valence-corrected chi connectivity index (χ0v) is 10.7. The van der Waals surface area contributed by atoms with Crippen LogP contribution in [0.3, 0.4) is 0 Å². The van der Waals surface area contributed by atoms with Gasteiger partial charge in [0, 0.05) is 12.5 Å². The summed E-state index contributed by atoms with van der Waals surface area (Å²) >= 11 is 0. The predicted octanol–water partition coefficient (Wildman–Crippen LogP) is 1.68. The van der Waals surface area contributed by atoms with E-state index in [1.54, 1.807) is 6.92 Å². The molecule has 0 radical (unpaired) electrons. The molecule has 0 aromatic heterocycles. The van der Waals surface area contributed by atoms with Crippen LogP contribution in [0.15, 0.2) is 12.2 Å². The summed E-state index contributed by atoms with van der Waals surface area (Å²) in [5, 5.41) is 0. The van der Waals surface area contributed by atoms with E-state index in [1.807, 2.05) is 13.8 Å². The van der Waals surface area contributed by atoms with E-state index in [-0.39, 0.29) is 17.0 Å². The molecular weight excluding hydrogens is 220 g/mol. The maximum atomic E-state index is 12.1. The normalized spacial score (nSPS) is 27.4. The molecule has 1 fully saturated rings. The van der Waals surface area contributed by atoms with Crippen LogP contribution in [0.1, 0.15) is 33.6 Å². The molecule has 0 spiro atoms. The monoisotopic (exact) mass is 238 g/mol. The first kappa shape index (κ1) is 13.6. The van der Waals surface area contributed by atoms with E-state index >= 15 is 0 Å². The fourth-order valence-corrected chi connectivity index (χ4v) is 2.15. The summed E-state index contributed by atoms with van der Waals surface area (Å²) in [6.45, 7) is 5.47. The minimum atomic E-state index is -1.03. The van der Waals surface area contributed by atoms with Crippen LogP contribution in [0.4, 0.5) is 0 Å². The van der Waals surface area contributed by atoms with Gasteiger partial charge in [0.1, 0.15) is 5.78 Å². The summed E-state index contributed by atoms with van der Waals surface area (Å²) in [7, 11) is 1.24. The van der Waals surface area contributed by atoms with Crippen LogP contribution in [-0.2, 0) is 19.1 Å². The van der Waals surface area contributed by atoms with Gasteiger partial charge in [0.05, 0.1) is 12.5 Å². The van der Waals surface area contributed by atoms with Crippen molar-refractivity contribution < 1.29 is 19.1 Å². The first-order valence-electron chi connectivity index (χ1n) is 5.59. The second-order valence-electron chi connectivity index (χ2n) is 5.15. The van der Waals surface area contributed by atoms with E-state index in [1.165, 1.54) is 7.11 Å². The van der Waals surface area contributed by atoms with Crippen LogP contribution >= 0.6 is 0 Å². The molecule has 1 aliphatic rings. The Balaban J connectivity index is 2.98. The number of esters is 1. The Morgan fingerprint density at radius 1 is 1.24 bits per heavy atom. The third-order valence-electron chi connectivity index (χ3n) is 3.95. The highest BCUT2D eigenvalue weighted by molar-refractivity contribution is 6.14. The van der Waals surface area contributed by atoms with Crippen LogP contribution < -0.4 is 0 Å². The number of carbonyl (C=O) groups is 3. The Labute approximate surface area is 101 Å². The van der Waals surface area contributed by atoms with Crippen LogP contribution in [-0.4, -0.2) is 24.6 Å². The lowest BCUT2D eigenvalue weighted by Gasteiger charge is -2.34. The molecule has 1 saturated carbocycles. The molecule has 0 bridgehead atoms. The minimum absolute atomic E-state index is 0.0537. The molecule has 0 N–H and O–H groups in total. The minimum Gasteiger partial charge on any atom is -0.466 e. The smallest absolute Gasteiger partial charge is 0.330 e. The van der Waals surface area contributed by atoms with Gasteiger partial charge >= 0.3 is 5.97 Å². The Kier molecular flexibility index (Phi) is 3.55. The summed E-state index contributed by atoms with van der Waals surface area (Å²) < 4.78 is 4.41.